The Hall–Kier alpha value is -1.28. The number of hydrogen-bond donors (Lipinski definition) is 3. The van der Waals surface area contributed by atoms with Crippen LogP contribution in [0.4, 0.5) is 0 Å². The Morgan fingerprint density at radius 2 is 2.32 bits per heavy atom. The topological polar surface area (TPSA) is 100 Å². The molecule has 0 amide bonds. The highest BCUT2D eigenvalue weighted by atomic mass is 32.2. The predicted octanol–water partition coefficient (Wildman–Crippen LogP) is 0.526. The van der Waals surface area contributed by atoms with Gasteiger partial charge in [-0.05, 0) is 26.3 Å². The van der Waals surface area contributed by atoms with Crippen LogP contribution in [0.25, 0.3) is 0 Å². The number of aliphatic carboxylic acids is 1. The molecule has 0 radical (unpaired) electrons. The predicted molar refractivity (Wildman–Crippen MR) is 73.6 cm³/mol. The maximum absolute atomic E-state index is 11.3. The number of rotatable bonds is 9. The van der Waals surface area contributed by atoms with E-state index in [1.807, 2.05) is 13.8 Å². The first kappa shape index (κ1) is 15.8. The quantitative estimate of drug-likeness (QED) is 0.573. The van der Waals surface area contributed by atoms with Crippen molar-refractivity contribution in [2.24, 2.45) is 0 Å². The zero-order valence-electron chi connectivity index (χ0n) is 11.2. The van der Waals surface area contributed by atoms with Crippen molar-refractivity contribution in [2.75, 3.05) is 12.3 Å². The molecule has 8 heteroatoms. The van der Waals surface area contributed by atoms with E-state index in [1.54, 1.807) is 0 Å². The summed E-state index contributed by atoms with van der Waals surface area (Å²) in [4.78, 5) is 22.4. The summed E-state index contributed by atoms with van der Waals surface area (Å²) < 4.78 is 1.53. The molecule has 108 valence electrons. The lowest BCUT2D eigenvalue weighted by molar-refractivity contribution is -0.139. The number of hydrogen-bond acceptors (Lipinski definition) is 5. The maximum Gasteiger partial charge on any atom is 0.343 e. The fourth-order valence-corrected chi connectivity index (χ4v) is 2.61. The molecular weight excluding hydrogens is 268 g/mol. The van der Waals surface area contributed by atoms with Gasteiger partial charge in [0.15, 0.2) is 5.16 Å². The van der Waals surface area contributed by atoms with Crippen molar-refractivity contribution in [3.8, 4) is 0 Å². The number of thioether (sulfide) groups is 1. The van der Waals surface area contributed by atoms with Gasteiger partial charge in [0.05, 0.1) is 0 Å². The van der Waals surface area contributed by atoms with Gasteiger partial charge in [-0.1, -0.05) is 18.7 Å². The summed E-state index contributed by atoms with van der Waals surface area (Å²) in [6.07, 6.45) is 1.39. The summed E-state index contributed by atoms with van der Waals surface area (Å²) in [6, 6.07) is -0.548. The van der Waals surface area contributed by atoms with Gasteiger partial charge in [-0.3, -0.25) is 9.36 Å². The first-order valence-electron chi connectivity index (χ1n) is 6.34. The Labute approximate surface area is 115 Å². The van der Waals surface area contributed by atoms with E-state index in [1.165, 1.54) is 16.3 Å². The SMILES string of the molecule is CCCNC(CCSc1n[nH]c(=O)n1CC)C(=O)O. The summed E-state index contributed by atoms with van der Waals surface area (Å²) >= 11 is 1.39. The lowest BCUT2D eigenvalue weighted by atomic mass is 10.2. The van der Waals surface area contributed by atoms with Crippen LogP contribution < -0.4 is 11.0 Å². The van der Waals surface area contributed by atoms with Crippen molar-refractivity contribution in [1.82, 2.24) is 20.1 Å². The van der Waals surface area contributed by atoms with Crippen molar-refractivity contribution in [3.05, 3.63) is 10.5 Å². The third kappa shape index (κ3) is 4.71. The number of carbonyl (C=O) groups is 1. The zero-order valence-corrected chi connectivity index (χ0v) is 12.0. The van der Waals surface area contributed by atoms with Gasteiger partial charge >= 0.3 is 11.7 Å². The van der Waals surface area contributed by atoms with Gasteiger partial charge in [-0.2, -0.15) is 0 Å². The van der Waals surface area contributed by atoms with Crippen LogP contribution in [0.1, 0.15) is 26.7 Å². The number of aromatic amines is 1. The van der Waals surface area contributed by atoms with Crippen molar-refractivity contribution in [2.45, 2.75) is 44.4 Å². The molecule has 1 atom stereocenters. The minimum Gasteiger partial charge on any atom is -0.480 e. The number of carboxylic acid groups (broad SMARTS) is 1. The molecule has 0 aromatic carbocycles. The van der Waals surface area contributed by atoms with Crippen LogP contribution in [-0.4, -0.2) is 44.2 Å². The van der Waals surface area contributed by atoms with Gasteiger partial charge in [0, 0.05) is 12.3 Å². The lowest BCUT2D eigenvalue weighted by Crippen LogP contribution is -2.37. The van der Waals surface area contributed by atoms with Gasteiger partial charge < -0.3 is 10.4 Å². The third-order valence-electron chi connectivity index (χ3n) is 2.62. The summed E-state index contributed by atoms with van der Waals surface area (Å²) in [5.74, 6) is -0.248. The highest BCUT2D eigenvalue weighted by Crippen LogP contribution is 2.15. The zero-order chi connectivity index (χ0) is 14.3. The molecule has 7 nitrogen and oxygen atoms in total. The molecule has 0 saturated heterocycles. The van der Waals surface area contributed by atoms with E-state index in [9.17, 15) is 9.59 Å². The van der Waals surface area contributed by atoms with E-state index in [4.69, 9.17) is 5.11 Å². The van der Waals surface area contributed by atoms with Crippen LogP contribution in [0.2, 0.25) is 0 Å². The minimum atomic E-state index is -0.844. The van der Waals surface area contributed by atoms with Crippen molar-refractivity contribution in [1.29, 1.82) is 0 Å². The Bertz CT molecular complexity index is 457. The first-order valence-corrected chi connectivity index (χ1v) is 7.32. The molecule has 1 heterocycles. The number of aromatic nitrogens is 3. The molecule has 0 aliphatic heterocycles. The smallest absolute Gasteiger partial charge is 0.343 e. The van der Waals surface area contributed by atoms with Crippen LogP contribution in [0.5, 0.6) is 0 Å². The van der Waals surface area contributed by atoms with Gasteiger partial charge in [0.1, 0.15) is 6.04 Å². The first-order chi connectivity index (χ1) is 9.10. The molecule has 0 spiro atoms. The second-order valence-electron chi connectivity index (χ2n) is 4.04. The Kier molecular flexibility index (Phi) is 6.65. The molecule has 0 saturated carbocycles. The highest BCUT2D eigenvalue weighted by molar-refractivity contribution is 7.99. The summed E-state index contributed by atoms with van der Waals surface area (Å²) in [5, 5.41) is 18.9. The average molecular weight is 288 g/mol. The van der Waals surface area contributed by atoms with Crippen LogP contribution in [0, 0.1) is 0 Å². The van der Waals surface area contributed by atoms with Crippen LogP contribution in [0.3, 0.4) is 0 Å². The van der Waals surface area contributed by atoms with Crippen molar-refractivity contribution in [3.63, 3.8) is 0 Å². The van der Waals surface area contributed by atoms with Gasteiger partial charge in [-0.25, -0.2) is 9.89 Å². The molecule has 1 rings (SSSR count). The molecule has 1 aromatic rings. The van der Waals surface area contributed by atoms with Crippen molar-refractivity contribution >= 4 is 17.7 Å². The Morgan fingerprint density at radius 3 is 2.89 bits per heavy atom. The number of nitrogens with one attached hydrogen (secondary N) is 2. The minimum absolute atomic E-state index is 0.233. The van der Waals surface area contributed by atoms with E-state index in [-0.39, 0.29) is 5.69 Å². The molecular formula is C11H20N4O3S. The number of carboxylic acids is 1. The maximum atomic E-state index is 11.3. The van der Waals surface area contributed by atoms with Gasteiger partial charge in [0.2, 0.25) is 0 Å². The van der Waals surface area contributed by atoms with Crippen LogP contribution >= 0.6 is 11.8 Å². The second kappa shape index (κ2) is 8.00. The van der Waals surface area contributed by atoms with E-state index in [0.717, 1.165) is 6.42 Å². The highest BCUT2D eigenvalue weighted by Gasteiger charge is 2.16. The standard InChI is InChI=1S/C11H20N4O3S/c1-3-6-12-8(9(16)17)5-7-19-11-14-13-10(18)15(11)4-2/h8,12H,3-7H2,1-2H3,(H,13,18)(H,16,17). The molecule has 0 fully saturated rings. The summed E-state index contributed by atoms with van der Waals surface area (Å²) in [6.45, 7) is 5.09. The molecule has 3 N–H and O–H groups in total. The fraction of sp³-hybridized carbons (Fsp3) is 0.727. The fourth-order valence-electron chi connectivity index (χ4n) is 1.59. The lowest BCUT2D eigenvalue weighted by Gasteiger charge is -2.13. The average Bonchev–Trinajstić information content (AvgIpc) is 2.73. The normalized spacial score (nSPS) is 12.5. The number of H-pyrrole nitrogens is 1. The van der Waals surface area contributed by atoms with E-state index >= 15 is 0 Å². The Morgan fingerprint density at radius 1 is 1.58 bits per heavy atom. The monoisotopic (exact) mass is 288 g/mol. The largest absolute Gasteiger partial charge is 0.480 e. The summed E-state index contributed by atoms with van der Waals surface area (Å²) in [5.41, 5.74) is -0.233. The molecule has 19 heavy (non-hydrogen) atoms. The van der Waals surface area contributed by atoms with Gasteiger partial charge in [0.25, 0.3) is 0 Å². The van der Waals surface area contributed by atoms with E-state index < -0.39 is 12.0 Å². The third-order valence-corrected chi connectivity index (χ3v) is 3.63. The summed E-state index contributed by atoms with van der Waals surface area (Å²) in [7, 11) is 0. The molecule has 0 aliphatic rings. The molecule has 0 bridgehead atoms. The molecule has 1 aromatic heterocycles. The van der Waals surface area contributed by atoms with E-state index in [2.05, 4.69) is 15.5 Å². The molecule has 1 unspecified atom stereocenters. The molecule has 0 aliphatic carbocycles. The van der Waals surface area contributed by atoms with Gasteiger partial charge in [-0.15, -0.1) is 5.10 Å². The van der Waals surface area contributed by atoms with Crippen molar-refractivity contribution < 1.29 is 9.90 Å². The second-order valence-corrected chi connectivity index (χ2v) is 5.10. The van der Waals surface area contributed by atoms with Crippen LogP contribution in [-0.2, 0) is 11.3 Å². The van der Waals surface area contributed by atoms with E-state index in [0.29, 0.717) is 30.4 Å². The Balaban J connectivity index is 2.47. The van der Waals surface area contributed by atoms with Crippen LogP contribution in [0.15, 0.2) is 9.95 Å². The number of nitrogens with zero attached hydrogens (tertiary/aromatic N) is 2.